The molecular weight excluding hydrogens is 293 g/mol. The number of hydrogen-bond acceptors (Lipinski definition) is 1. The number of nitrogens with zero attached hydrogens (tertiary/aromatic N) is 1. The van der Waals surface area contributed by atoms with E-state index in [0.29, 0.717) is 13.1 Å². The van der Waals surface area contributed by atoms with E-state index in [1.54, 1.807) is 4.90 Å². The van der Waals surface area contributed by atoms with Crippen LogP contribution in [0.5, 0.6) is 0 Å². The smallest absolute Gasteiger partial charge is 0.325 e. The van der Waals surface area contributed by atoms with Crippen molar-refractivity contribution < 1.29 is 18.0 Å². The third-order valence-corrected chi connectivity index (χ3v) is 3.50. The fourth-order valence-corrected chi connectivity index (χ4v) is 2.34. The Morgan fingerprint density at radius 1 is 1.20 bits per heavy atom. The van der Waals surface area contributed by atoms with Crippen LogP contribution in [0.25, 0.3) is 0 Å². The van der Waals surface area contributed by atoms with Gasteiger partial charge in [-0.1, -0.05) is 11.6 Å². The number of nitrogens with one attached hydrogen (secondary N) is 1. The molecule has 0 aliphatic carbocycles. The Morgan fingerprint density at radius 3 is 2.45 bits per heavy atom. The Bertz CT molecular complexity index is 499. The van der Waals surface area contributed by atoms with Crippen molar-refractivity contribution in [3.8, 4) is 0 Å². The lowest BCUT2D eigenvalue weighted by atomic mass is 10.1. The molecule has 0 spiro atoms. The Morgan fingerprint density at radius 2 is 1.85 bits per heavy atom. The van der Waals surface area contributed by atoms with Crippen LogP contribution in [0.15, 0.2) is 18.2 Å². The molecule has 1 aliphatic heterocycles. The molecule has 0 aromatic heterocycles. The van der Waals surface area contributed by atoms with Crippen molar-refractivity contribution in [1.82, 2.24) is 4.90 Å². The summed E-state index contributed by atoms with van der Waals surface area (Å²) in [6, 6.07) is 2.97. The third-order valence-electron chi connectivity index (χ3n) is 3.17. The predicted molar refractivity (Wildman–Crippen MR) is 70.9 cm³/mol. The maximum atomic E-state index is 12.7. The number of piperidine rings is 1. The number of rotatable bonds is 1. The largest absolute Gasteiger partial charge is 0.417 e. The third kappa shape index (κ3) is 3.56. The van der Waals surface area contributed by atoms with E-state index in [1.807, 2.05) is 0 Å². The quantitative estimate of drug-likeness (QED) is 0.820. The van der Waals surface area contributed by atoms with E-state index in [9.17, 15) is 18.0 Å². The van der Waals surface area contributed by atoms with E-state index < -0.39 is 11.7 Å². The van der Waals surface area contributed by atoms with Crippen molar-refractivity contribution in [3.05, 3.63) is 28.8 Å². The minimum Gasteiger partial charge on any atom is -0.325 e. The van der Waals surface area contributed by atoms with Crippen LogP contribution in [-0.4, -0.2) is 24.0 Å². The molecule has 1 heterocycles. The highest BCUT2D eigenvalue weighted by atomic mass is 35.5. The molecule has 2 amide bonds. The second-order valence-corrected chi connectivity index (χ2v) is 5.08. The van der Waals surface area contributed by atoms with Crippen LogP contribution < -0.4 is 5.32 Å². The number of alkyl halides is 3. The summed E-state index contributed by atoms with van der Waals surface area (Å²) >= 11 is 5.52. The van der Waals surface area contributed by atoms with Gasteiger partial charge in [0, 0.05) is 18.8 Å². The van der Waals surface area contributed by atoms with Crippen LogP contribution in [0.1, 0.15) is 24.8 Å². The fraction of sp³-hybridized carbons (Fsp3) is 0.462. The number of likely N-dealkylation sites (tertiary alicyclic amines) is 1. The van der Waals surface area contributed by atoms with E-state index >= 15 is 0 Å². The average molecular weight is 307 g/mol. The van der Waals surface area contributed by atoms with Gasteiger partial charge in [0.1, 0.15) is 0 Å². The number of benzene rings is 1. The molecule has 0 radical (unpaired) electrons. The first-order chi connectivity index (χ1) is 9.38. The van der Waals surface area contributed by atoms with Crippen LogP contribution >= 0.6 is 11.6 Å². The molecule has 1 aromatic rings. The molecule has 20 heavy (non-hydrogen) atoms. The topological polar surface area (TPSA) is 32.3 Å². The number of urea groups is 1. The molecule has 0 unspecified atom stereocenters. The molecule has 2 rings (SSSR count). The number of carbonyl (C=O) groups is 1. The van der Waals surface area contributed by atoms with Gasteiger partial charge in [-0.15, -0.1) is 0 Å². The number of hydrogen-bond donors (Lipinski definition) is 1. The molecule has 1 aliphatic rings. The summed E-state index contributed by atoms with van der Waals surface area (Å²) in [6.45, 7) is 1.26. The first kappa shape index (κ1) is 15.0. The van der Waals surface area contributed by atoms with Crippen molar-refractivity contribution in [3.63, 3.8) is 0 Å². The normalized spacial score (nSPS) is 16.1. The van der Waals surface area contributed by atoms with Gasteiger partial charge in [0.15, 0.2) is 0 Å². The lowest BCUT2D eigenvalue weighted by molar-refractivity contribution is -0.137. The Labute approximate surface area is 119 Å². The molecule has 0 atom stereocenters. The molecule has 0 saturated carbocycles. The summed E-state index contributed by atoms with van der Waals surface area (Å²) in [5.41, 5.74) is -0.854. The monoisotopic (exact) mass is 306 g/mol. The zero-order chi connectivity index (χ0) is 14.8. The Hall–Kier alpha value is -1.43. The predicted octanol–water partition coefficient (Wildman–Crippen LogP) is 4.38. The highest BCUT2D eigenvalue weighted by Gasteiger charge is 2.33. The highest BCUT2D eigenvalue weighted by molar-refractivity contribution is 6.31. The maximum absolute atomic E-state index is 12.7. The van der Waals surface area contributed by atoms with Crippen LogP contribution in [0.3, 0.4) is 0 Å². The Kier molecular flexibility index (Phi) is 4.42. The van der Waals surface area contributed by atoms with Crippen LogP contribution in [0.2, 0.25) is 5.02 Å². The molecule has 1 fully saturated rings. The first-order valence-electron chi connectivity index (χ1n) is 6.30. The van der Waals surface area contributed by atoms with Crippen molar-refractivity contribution in [2.75, 3.05) is 18.4 Å². The second kappa shape index (κ2) is 5.91. The standard InChI is InChI=1S/C13H14ClF3N2O/c14-11-5-4-9(8-10(11)13(15,16)17)18-12(20)19-6-2-1-3-7-19/h4-5,8H,1-3,6-7H2,(H,18,20). The SMILES string of the molecule is O=C(Nc1ccc(Cl)c(C(F)(F)F)c1)N1CCCCC1. The number of amides is 2. The molecule has 1 saturated heterocycles. The average Bonchev–Trinajstić information content (AvgIpc) is 2.40. The van der Waals surface area contributed by atoms with Crippen LogP contribution in [-0.2, 0) is 6.18 Å². The van der Waals surface area contributed by atoms with Gasteiger partial charge in [-0.25, -0.2) is 4.79 Å². The maximum Gasteiger partial charge on any atom is 0.417 e. The summed E-state index contributed by atoms with van der Waals surface area (Å²) < 4.78 is 38.1. The van der Waals surface area contributed by atoms with E-state index in [2.05, 4.69) is 5.32 Å². The van der Waals surface area contributed by atoms with Crippen molar-refractivity contribution >= 4 is 23.3 Å². The Balaban J connectivity index is 2.11. The lowest BCUT2D eigenvalue weighted by Gasteiger charge is -2.27. The van der Waals surface area contributed by atoms with E-state index in [-0.39, 0.29) is 16.7 Å². The summed E-state index contributed by atoms with van der Waals surface area (Å²) in [7, 11) is 0. The van der Waals surface area contributed by atoms with Gasteiger partial charge in [-0.05, 0) is 37.5 Å². The summed E-state index contributed by atoms with van der Waals surface area (Å²) in [5, 5.41) is 2.10. The van der Waals surface area contributed by atoms with Gasteiger partial charge in [0.2, 0.25) is 0 Å². The summed E-state index contributed by atoms with van der Waals surface area (Å²) in [5.74, 6) is 0. The van der Waals surface area contributed by atoms with Gasteiger partial charge in [0.05, 0.1) is 10.6 Å². The van der Waals surface area contributed by atoms with E-state index in [1.165, 1.54) is 6.07 Å². The van der Waals surface area contributed by atoms with Crippen LogP contribution in [0, 0.1) is 0 Å². The lowest BCUT2D eigenvalue weighted by Crippen LogP contribution is -2.38. The van der Waals surface area contributed by atoms with Gasteiger partial charge in [-0.3, -0.25) is 0 Å². The molecule has 3 nitrogen and oxygen atoms in total. The van der Waals surface area contributed by atoms with Crippen molar-refractivity contribution in [1.29, 1.82) is 0 Å². The highest BCUT2D eigenvalue weighted by Crippen LogP contribution is 2.36. The molecule has 1 aromatic carbocycles. The van der Waals surface area contributed by atoms with Crippen molar-refractivity contribution in [2.45, 2.75) is 25.4 Å². The minimum atomic E-state index is -4.54. The fourth-order valence-electron chi connectivity index (χ4n) is 2.12. The van der Waals surface area contributed by atoms with Gasteiger partial charge >= 0.3 is 12.2 Å². The van der Waals surface area contributed by atoms with Gasteiger partial charge in [-0.2, -0.15) is 13.2 Å². The van der Waals surface area contributed by atoms with E-state index in [4.69, 9.17) is 11.6 Å². The first-order valence-corrected chi connectivity index (χ1v) is 6.68. The molecule has 1 N–H and O–H groups in total. The zero-order valence-corrected chi connectivity index (χ0v) is 11.4. The molecule has 0 bridgehead atoms. The molecule has 110 valence electrons. The number of carbonyl (C=O) groups excluding carboxylic acids is 1. The van der Waals surface area contributed by atoms with Crippen LogP contribution in [0.4, 0.5) is 23.7 Å². The minimum absolute atomic E-state index is 0.0947. The molecular formula is C13H14ClF3N2O. The van der Waals surface area contributed by atoms with Gasteiger partial charge < -0.3 is 10.2 Å². The molecule has 7 heteroatoms. The van der Waals surface area contributed by atoms with E-state index in [0.717, 1.165) is 31.4 Å². The zero-order valence-electron chi connectivity index (χ0n) is 10.6. The number of halogens is 4. The van der Waals surface area contributed by atoms with Gasteiger partial charge in [0.25, 0.3) is 0 Å². The number of anilines is 1. The summed E-state index contributed by atoms with van der Waals surface area (Å²) in [6.07, 6.45) is -1.63. The second-order valence-electron chi connectivity index (χ2n) is 4.67. The van der Waals surface area contributed by atoms with Crippen molar-refractivity contribution in [2.24, 2.45) is 0 Å². The summed E-state index contributed by atoms with van der Waals surface area (Å²) in [4.78, 5) is 13.5.